The van der Waals surface area contributed by atoms with Gasteiger partial charge in [-0.2, -0.15) is 0 Å². The van der Waals surface area contributed by atoms with E-state index in [4.69, 9.17) is 0 Å². The number of hydrogen-bond donors (Lipinski definition) is 3. The molecule has 3 N–H and O–H groups in total. The van der Waals surface area contributed by atoms with Crippen molar-refractivity contribution < 1.29 is 23.5 Å². The number of aliphatic hydroxyl groups is 1. The number of aliphatic hydroxyl groups excluding tert-OH is 1. The molecule has 0 bridgehead atoms. The molecular weight excluding hydrogens is 330 g/mol. The second-order valence-electron chi connectivity index (χ2n) is 5.64. The van der Waals surface area contributed by atoms with Gasteiger partial charge < -0.3 is 15.7 Å². The first-order chi connectivity index (χ1) is 11.8. The molecule has 2 amide bonds. The molecule has 2 unspecified atom stereocenters. The van der Waals surface area contributed by atoms with Gasteiger partial charge in [0.1, 0.15) is 0 Å². The summed E-state index contributed by atoms with van der Waals surface area (Å²) in [5, 5.41) is 15.2. The summed E-state index contributed by atoms with van der Waals surface area (Å²) in [6.07, 6.45) is -1.21. The van der Waals surface area contributed by atoms with Crippen LogP contribution in [0.1, 0.15) is 35.9 Å². The van der Waals surface area contributed by atoms with Crippen molar-refractivity contribution in [1.82, 2.24) is 5.32 Å². The highest BCUT2D eigenvalue weighted by Gasteiger charge is 2.20. The molecule has 2 aromatic rings. The number of halogens is 2. The van der Waals surface area contributed by atoms with E-state index in [0.717, 1.165) is 12.1 Å². The number of hydrogen-bond acceptors (Lipinski definition) is 3. The van der Waals surface area contributed by atoms with Gasteiger partial charge in [-0.15, -0.1) is 0 Å². The average Bonchev–Trinajstić information content (AvgIpc) is 2.57. The van der Waals surface area contributed by atoms with E-state index < -0.39 is 29.8 Å². The van der Waals surface area contributed by atoms with Crippen LogP contribution in [0.25, 0.3) is 0 Å². The van der Waals surface area contributed by atoms with E-state index in [2.05, 4.69) is 10.6 Å². The fourth-order valence-electron chi connectivity index (χ4n) is 2.23. The van der Waals surface area contributed by atoms with E-state index in [1.54, 1.807) is 24.3 Å². The average molecular weight is 348 g/mol. The Bertz CT molecular complexity index is 778. The number of benzene rings is 2. The highest BCUT2D eigenvalue weighted by Crippen LogP contribution is 2.19. The standard InChI is InChI=1S/C18H18F2N2O3/c1-10(17(24)13-5-8-15(19)16(20)9-13)21-18(25)22-14-6-3-12(4-7-14)11(2)23/h3-10,17,24H,1-2H3,(H2,21,22,25). The molecule has 0 heterocycles. The zero-order chi connectivity index (χ0) is 18.6. The van der Waals surface area contributed by atoms with Gasteiger partial charge in [0, 0.05) is 11.3 Å². The van der Waals surface area contributed by atoms with Gasteiger partial charge in [0.25, 0.3) is 0 Å². The van der Waals surface area contributed by atoms with Gasteiger partial charge in [-0.05, 0) is 55.8 Å². The third-order valence-corrected chi connectivity index (χ3v) is 3.67. The maximum absolute atomic E-state index is 13.2. The molecule has 2 atom stereocenters. The summed E-state index contributed by atoms with van der Waals surface area (Å²) in [6, 6.07) is 8.04. The molecule has 0 radical (unpaired) electrons. The Kier molecular flexibility index (Phi) is 5.82. The van der Waals surface area contributed by atoms with Crippen LogP contribution in [0.15, 0.2) is 42.5 Å². The number of rotatable bonds is 5. The van der Waals surface area contributed by atoms with Gasteiger partial charge in [0.05, 0.1) is 12.1 Å². The van der Waals surface area contributed by atoms with Crippen LogP contribution in [0.3, 0.4) is 0 Å². The molecule has 0 saturated carbocycles. The predicted octanol–water partition coefficient (Wildman–Crippen LogP) is 3.41. The lowest BCUT2D eigenvalue weighted by molar-refractivity contribution is 0.101. The van der Waals surface area contributed by atoms with Gasteiger partial charge in [-0.3, -0.25) is 4.79 Å². The van der Waals surface area contributed by atoms with Crippen LogP contribution in [-0.2, 0) is 0 Å². The lowest BCUT2D eigenvalue weighted by atomic mass is 10.0. The summed E-state index contributed by atoms with van der Waals surface area (Å²) in [7, 11) is 0. The lowest BCUT2D eigenvalue weighted by Crippen LogP contribution is -2.39. The summed E-state index contributed by atoms with van der Waals surface area (Å²) >= 11 is 0. The van der Waals surface area contributed by atoms with Crippen molar-refractivity contribution in [2.24, 2.45) is 0 Å². The van der Waals surface area contributed by atoms with Crippen molar-refractivity contribution >= 4 is 17.5 Å². The zero-order valence-corrected chi connectivity index (χ0v) is 13.7. The minimum Gasteiger partial charge on any atom is -0.386 e. The highest BCUT2D eigenvalue weighted by molar-refractivity contribution is 5.95. The number of Topliss-reactive ketones (excluding diaryl/α,β-unsaturated/α-hetero) is 1. The van der Waals surface area contributed by atoms with Crippen molar-refractivity contribution in [2.75, 3.05) is 5.32 Å². The van der Waals surface area contributed by atoms with E-state index in [1.165, 1.54) is 19.9 Å². The Morgan fingerprint density at radius 3 is 2.24 bits per heavy atom. The zero-order valence-electron chi connectivity index (χ0n) is 13.7. The summed E-state index contributed by atoms with van der Waals surface area (Å²) in [5.74, 6) is -2.17. The van der Waals surface area contributed by atoms with E-state index in [9.17, 15) is 23.5 Å². The van der Waals surface area contributed by atoms with E-state index in [-0.39, 0.29) is 11.3 Å². The van der Waals surface area contributed by atoms with Crippen molar-refractivity contribution in [3.8, 4) is 0 Å². The molecule has 0 aliphatic carbocycles. The number of ketones is 1. The summed E-state index contributed by atoms with van der Waals surface area (Å²) < 4.78 is 26.2. The fraction of sp³-hybridized carbons (Fsp3) is 0.222. The van der Waals surface area contributed by atoms with E-state index >= 15 is 0 Å². The van der Waals surface area contributed by atoms with Gasteiger partial charge in [0.2, 0.25) is 0 Å². The molecule has 2 rings (SSSR count). The molecule has 132 valence electrons. The fourth-order valence-corrected chi connectivity index (χ4v) is 2.23. The maximum atomic E-state index is 13.2. The Morgan fingerprint density at radius 1 is 1.04 bits per heavy atom. The normalized spacial score (nSPS) is 13.0. The van der Waals surface area contributed by atoms with Crippen LogP contribution >= 0.6 is 0 Å². The van der Waals surface area contributed by atoms with Crippen molar-refractivity contribution in [2.45, 2.75) is 26.0 Å². The lowest BCUT2D eigenvalue weighted by Gasteiger charge is -2.21. The number of amides is 2. The van der Waals surface area contributed by atoms with E-state index in [0.29, 0.717) is 11.3 Å². The van der Waals surface area contributed by atoms with Crippen LogP contribution in [-0.4, -0.2) is 23.0 Å². The predicted molar refractivity (Wildman–Crippen MR) is 89.4 cm³/mol. The first-order valence-electron chi connectivity index (χ1n) is 7.59. The summed E-state index contributed by atoms with van der Waals surface area (Å²) in [5.41, 5.74) is 1.14. The first kappa shape index (κ1) is 18.5. The highest BCUT2D eigenvalue weighted by atomic mass is 19.2. The molecule has 0 saturated heterocycles. The van der Waals surface area contributed by atoms with Gasteiger partial charge in [-0.25, -0.2) is 13.6 Å². The molecular formula is C18H18F2N2O3. The number of urea groups is 1. The molecule has 5 nitrogen and oxygen atoms in total. The quantitative estimate of drug-likeness (QED) is 0.725. The van der Waals surface area contributed by atoms with Crippen LogP contribution in [0.5, 0.6) is 0 Å². The molecule has 0 aromatic heterocycles. The van der Waals surface area contributed by atoms with Crippen LogP contribution < -0.4 is 10.6 Å². The topological polar surface area (TPSA) is 78.4 Å². The smallest absolute Gasteiger partial charge is 0.319 e. The molecule has 0 aliphatic rings. The SMILES string of the molecule is CC(=O)c1ccc(NC(=O)NC(C)C(O)c2ccc(F)c(F)c2)cc1. The molecule has 2 aromatic carbocycles. The minimum absolute atomic E-state index is 0.0840. The number of anilines is 1. The molecule has 7 heteroatoms. The number of carbonyl (C=O) groups is 2. The van der Waals surface area contributed by atoms with Gasteiger partial charge in [-0.1, -0.05) is 6.07 Å². The molecule has 25 heavy (non-hydrogen) atoms. The Labute approximate surface area is 143 Å². The Balaban J connectivity index is 1.96. The van der Waals surface area contributed by atoms with Gasteiger partial charge in [0.15, 0.2) is 17.4 Å². The Hall–Kier alpha value is -2.80. The van der Waals surface area contributed by atoms with E-state index in [1.807, 2.05) is 0 Å². The second kappa shape index (κ2) is 7.85. The first-order valence-corrected chi connectivity index (χ1v) is 7.59. The Morgan fingerprint density at radius 2 is 1.68 bits per heavy atom. The molecule has 0 spiro atoms. The molecule has 0 fully saturated rings. The van der Waals surface area contributed by atoms with Crippen molar-refractivity contribution in [1.29, 1.82) is 0 Å². The third-order valence-electron chi connectivity index (χ3n) is 3.67. The van der Waals surface area contributed by atoms with Crippen molar-refractivity contribution in [3.63, 3.8) is 0 Å². The monoisotopic (exact) mass is 348 g/mol. The van der Waals surface area contributed by atoms with Gasteiger partial charge >= 0.3 is 6.03 Å². The third kappa shape index (κ3) is 4.84. The van der Waals surface area contributed by atoms with Crippen LogP contribution in [0.2, 0.25) is 0 Å². The van der Waals surface area contributed by atoms with Crippen molar-refractivity contribution in [3.05, 3.63) is 65.2 Å². The summed E-state index contributed by atoms with van der Waals surface area (Å²) in [6.45, 7) is 2.97. The largest absolute Gasteiger partial charge is 0.386 e. The number of nitrogens with one attached hydrogen (secondary N) is 2. The van der Waals surface area contributed by atoms with Crippen LogP contribution in [0.4, 0.5) is 19.3 Å². The maximum Gasteiger partial charge on any atom is 0.319 e. The number of carbonyl (C=O) groups excluding carboxylic acids is 2. The minimum atomic E-state index is -1.21. The summed E-state index contributed by atoms with van der Waals surface area (Å²) in [4.78, 5) is 23.2. The molecule has 0 aliphatic heterocycles. The van der Waals surface area contributed by atoms with Crippen LogP contribution in [0, 0.1) is 11.6 Å². The second-order valence-corrected chi connectivity index (χ2v) is 5.64.